The smallest absolute Gasteiger partial charge is 0.237 e. The first-order valence-electron chi connectivity index (χ1n) is 7.02. The van der Waals surface area contributed by atoms with E-state index in [2.05, 4.69) is 37.9 Å². The first-order chi connectivity index (χ1) is 8.23. The second-order valence-electron chi connectivity index (χ2n) is 5.96. The molecule has 0 rings (SSSR count). The van der Waals surface area contributed by atoms with Crippen LogP contribution in [-0.4, -0.2) is 42.0 Å². The van der Waals surface area contributed by atoms with Gasteiger partial charge in [-0.2, -0.15) is 0 Å². The van der Waals surface area contributed by atoms with Crippen LogP contribution in [0.25, 0.3) is 0 Å². The molecular weight excluding hydrogens is 226 g/mol. The van der Waals surface area contributed by atoms with Gasteiger partial charge in [-0.15, -0.1) is 0 Å². The lowest BCUT2D eigenvalue weighted by Gasteiger charge is -2.33. The van der Waals surface area contributed by atoms with E-state index in [-0.39, 0.29) is 5.91 Å². The second-order valence-corrected chi connectivity index (χ2v) is 5.96. The van der Waals surface area contributed by atoms with Crippen molar-refractivity contribution >= 4 is 5.91 Å². The summed E-state index contributed by atoms with van der Waals surface area (Å²) < 4.78 is 0. The van der Waals surface area contributed by atoms with E-state index in [4.69, 9.17) is 5.73 Å². The zero-order chi connectivity index (χ0) is 14.3. The number of nitrogens with zero attached hydrogens (tertiary/aromatic N) is 1. The fourth-order valence-electron chi connectivity index (χ4n) is 2.09. The van der Waals surface area contributed by atoms with E-state index in [1.165, 1.54) is 0 Å². The van der Waals surface area contributed by atoms with Crippen LogP contribution in [0.1, 0.15) is 48.0 Å². The molecule has 0 saturated heterocycles. The molecule has 0 bridgehead atoms. The third kappa shape index (κ3) is 5.83. The molecule has 0 aliphatic rings. The number of nitrogens with two attached hydrogens (primary N) is 1. The van der Waals surface area contributed by atoms with Gasteiger partial charge in [0.25, 0.3) is 0 Å². The second kappa shape index (κ2) is 7.74. The topological polar surface area (TPSA) is 58.4 Å². The highest BCUT2D eigenvalue weighted by Gasteiger charge is 2.30. The first-order valence-corrected chi connectivity index (χ1v) is 7.02. The van der Waals surface area contributed by atoms with Crippen molar-refractivity contribution in [3.05, 3.63) is 0 Å². The maximum atomic E-state index is 11.6. The minimum atomic E-state index is -0.598. The quantitative estimate of drug-likeness (QED) is 0.659. The third-order valence-electron chi connectivity index (χ3n) is 3.34. The zero-order valence-corrected chi connectivity index (χ0v) is 12.9. The Morgan fingerprint density at radius 1 is 1.33 bits per heavy atom. The predicted molar refractivity (Wildman–Crippen MR) is 77.4 cm³/mol. The molecule has 4 nitrogen and oxygen atoms in total. The van der Waals surface area contributed by atoms with Gasteiger partial charge in [0.2, 0.25) is 5.91 Å². The summed E-state index contributed by atoms with van der Waals surface area (Å²) in [5, 5.41) is 3.20. The Kier molecular flexibility index (Phi) is 7.48. The lowest BCUT2D eigenvalue weighted by Crippen LogP contribution is -2.55. The van der Waals surface area contributed by atoms with Gasteiger partial charge >= 0.3 is 0 Å². The van der Waals surface area contributed by atoms with Gasteiger partial charge in [0.1, 0.15) is 0 Å². The van der Waals surface area contributed by atoms with E-state index in [1.54, 1.807) is 0 Å². The molecule has 18 heavy (non-hydrogen) atoms. The van der Waals surface area contributed by atoms with Crippen LogP contribution in [0.3, 0.4) is 0 Å². The average molecular weight is 257 g/mol. The highest BCUT2D eigenvalue weighted by molar-refractivity contribution is 5.84. The predicted octanol–water partition coefficient (Wildman–Crippen LogP) is 1.60. The molecule has 1 amide bonds. The van der Waals surface area contributed by atoms with Crippen molar-refractivity contribution in [2.24, 2.45) is 11.7 Å². The average Bonchev–Trinajstić information content (AvgIpc) is 2.23. The van der Waals surface area contributed by atoms with Gasteiger partial charge in [0.05, 0.1) is 5.54 Å². The molecule has 0 fully saturated rings. The number of primary amides is 1. The van der Waals surface area contributed by atoms with Crippen molar-refractivity contribution in [3.8, 4) is 0 Å². The number of amides is 1. The van der Waals surface area contributed by atoms with Crippen molar-refractivity contribution in [1.82, 2.24) is 10.2 Å². The lowest BCUT2D eigenvalue weighted by molar-refractivity contribution is -0.124. The molecule has 3 N–H and O–H groups in total. The maximum absolute atomic E-state index is 11.6. The van der Waals surface area contributed by atoms with E-state index in [9.17, 15) is 4.79 Å². The Hall–Kier alpha value is -0.610. The summed E-state index contributed by atoms with van der Waals surface area (Å²) in [6, 6.07) is 0.492. The minimum absolute atomic E-state index is 0.266. The molecule has 0 aromatic carbocycles. The van der Waals surface area contributed by atoms with E-state index in [0.717, 1.165) is 26.1 Å². The monoisotopic (exact) mass is 257 g/mol. The lowest BCUT2D eigenvalue weighted by atomic mass is 9.96. The van der Waals surface area contributed by atoms with E-state index >= 15 is 0 Å². The largest absolute Gasteiger partial charge is 0.368 e. The van der Waals surface area contributed by atoms with Crippen LogP contribution in [0, 0.1) is 5.92 Å². The molecule has 0 aromatic heterocycles. The minimum Gasteiger partial charge on any atom is -0.368 e. The van der Waals surface area contributed by atoms with Gasteiger partial charge in [0, 0.05) is 19.1 Å². The number of carbonyl (C=O) groups is 1. The van der Waals surface area contributed by atoms with E-state index in [0.29, 0.717) is 12.0 Å². The van der Waals surface area contributed by atoms with Gasteiger partial charge in [0.15, 0.2) is 0 Å². The van der Waals surface area contributed by atoms with E-state index < -0.39 is 5.54 Å². The normalized spacial score (nSPS) is 15.4. The fraction of sp³-hybridized carbons (Fsp3) is 0.929. The number of carbonyl (C=O) groups excluding carboxylic acids is 1. The van der Waals surface area contributed by atoms with Crippen molar-refractivity contribution in [3.63, 3.8) is 0 Å². The van der Waals surface area contributed by atoms with Crippen LogP contribution in [0.5, 0.6) is 0 Å². The Balaban J connectivity index is 4.51. The highest BCUT2D eigenvalue weighted by atomic mass is 16.1. The number of rotatable bonds is 9. The number of likely N-dealkylation sites (N-methyl/N-ethyl adjacent to an activating group) is 1. The van der Waals surface area contributed by atoms with Crippen LogP contribution in [-0.2, 0) is 4.79 Å². The summed E-state index contributed by atoms with van der Waals surface area (Å²) in [7, 11) is 0. The van der Waals surface area contributed by atoms with Gasteiger partial charge in [-0.1, -0.05) is 20.8 Å². The van der Waals surface area contributed by atoms with Crippen LogP contribution in [0.15, 0.2) is 0 Å². The van der Waals surface area contributed by atoms with Gasteiger partial charge in [-0.3, -0.25) is 4.79 Å². The molecule has 108 valence electrons. The molecule has 1 unspecified atom stereocenters. The highest BCUT2D eigenvalue weighted by Crippen LogP contribution is 2.13. The summed E-state index contributed by atoms with van der Waals surface area (Å²) in [5.74, 6) is 0.365. The van der Waals surface area contributed by atoms with Crippen molar-refractivity contribution in [2.75, 3.05) is 19.6 Å². The van der Waals surface area contributed by atoms with Crippen LogP contribution in [0.4, 0.5) is 0 Å². The zero-order valence-electron chi connectivity index (χ0n) is 12.9. The Morgan fingerprint density at radius 3 is 2.22 bits per heavy atom. The summed E-state index contributed by atoms with van der Waals surface area (Å²) >= 11 is 0. The summed E-state index contributed by atoms with van der Waals surface area (Å²) in [6.45, 7) is 15.4. The maximum Gasteiger partial charge on any atom is 0.237 e. The Morgan fingerprint density at radius 2 is 1.89 bits per heavy atom. The molecule has 0 saturated carbocycles. The summed E-state index contributed by atoms with van der Waals surface area (Å²) in [5.41, 5.74) is 4.90. The van der Waals surface area contributed by atoms with Crippen molar-refractivity contribution in [2.45, 2.75) is 59.5 Å². The number of hydrogen-bond donors (Lipinski definition) is 2. The molecule has 0 aliphatic carbocycles. The summed E-state index contributed by atoms with van der Waals surface area (Å²) in [4.78, 5) is 14.0. The third-order valence-corrected chi connectivity index (χ3v) is 3.34. The molecule has 1 atom stereocenters. The summed E-state index contributed by atoms with van der Waals surface area (Å²) in [6.07, 6.45) is 0.751. The van der Waals surface area contributed by atoms with Crippen LogP contribution in [0.2, 0.25) is 0 Å². The SMILES string of the molecule is CCNC(C)(CCN(CC(C)C)C(C)C)C(N)=O. The van der Waals surface area contributed by atoms with Gasteiger partial charge < -0.3 is 16.0 Å². The van der Waals surface area contributed by atoms with Crippen LogP contribution < -0.4 is 11.1 Å². The first kappa shape index (κ1) is 17.4. The van der Waals surface area contributed by atoms with Crippen LogP contribution >= 0.6 is 0 Å². The van der Waals surface area contributed by atoms with Gasteiger partial charge in [-0.25, -0.2) is 0 Å². The van der Waals surface area contributed by atoms with Crippen molar-refractivity contribution < 1.29 is 4.79 Å². The van der Waals surface area contributed by atoms with Crippen molar-refractivity contribution in [1.29, 1.82) is 0 Å². The molecule has 0 aliphatic heterocycles. The molecule has 0 heterocycles. The fourth-order valence-corrected chi connectivity index (χ4v) is 2.09. The van der Waals surface area contributed by atoms with Gasteiger partial charge in [-0.05, 0) is 39.7 Å². The molecular formula is C14H31N3O. The Labute approximate surface area is 112 Å². The number of hydrogen-bond acceptors (Lipinski definition) is 3. The van der Waals surface area contributed by atoms with E-state index in [1.807, 2.05) is 13.8 Å². The molecule has 0 radical (unpaired) electrons. The number of nitrogens with one attached hydrogen (secondary N) is 1. The standard InChI is InChI=1S/C14H31N3O/c1-7-16-14(6,13(15)18)8-9-17(12(4)5)10-11(2)3/h11-12,16H,7-10H2,1-6H3,(H2,15,18). The molecule has 0 aromatic rings. The molecule has 4 heteroatoms. The molecule has 0 spiro atoms. The Bertz CT molecular complexity index is 253.